The van der Waals surface area contributed by atoms with E-state index in [0.29, 0.717) is 11.8 Å². The number of hydrogen-bond donors (Lipinski definition) is 2. The van der Waals surface area contributed by atoms with Gasteiger partial charge in [-0.2, -0.15) is 0 Å². The first-order chi connectivity index (χ1) is 9.74. The molecule has 2 rings (SSSR count). The summed E-state index contributed by atoms with van der Waals surface area (Å²) in [6.07, 6.45) is 2.09. The van der Waals surface area contributed by atoms with Crippen molar-refractivity contribution in [2.75, 3.05) is 0 Å². The van der Waals surface area contributed by atoms with Crippen LogP contribution in [0.5, 0.6) is 5.75 Å². The average molecular weight is 269 g/mol. The van der Waals surface area contributed by atoms with Crippen LogP contribution in [0.15, 0.2) is 48.5 Å². The van der Waals surface area contributed by atoms with E-state index in [1.807, 2.05) is 12.1 Å². The van der Waals surface area contributed by atoms with Crippen LogP contribution in [0.4, 0.5) is 0 Å². The maximum Gasteiger partial charge on any atom is 0.115 e. The van der Waals surface area contributed by atoms with E-state index in [4.69, 9.17) is 0 Å². The van der Waals surface area contributed by atoms with Crippen molar-refractivity contribution in [1.29, 1.82) is 0 Å². The van der Waals surface area contributed by atoms with Gasteiger partial charge in [-0.25, -0.2) is 0 Å². The molecular weight excluding hydrogens is 246 g/mol. The molecule has 0 bridgehead atoms. The first-order valence-corrected chi connectivity index (χ1v) is 7.33. The molecule has 0 aliphatic heterocycles. The Morgan fingerprint density at radius 1 is 0.950 bits per heavy atom. The van der Waals surface area contributed by atoms with E-state index >= 15 is 0 Å². The lowest BCUT2D eigenvalue weighted by molar-refractivity contribution is 0.473. The number of phenols is 1. The highest BCUT2D eigenvalue weighted by Gasteiger charge is 2.09. The summed E-state index contributed by atoms with van der Waals surface area (Å²) in [5.41, 5.74) is 3.99. The number of aryl methyl sites for hydroxylation is 1. The van der Waals surface area contributed by atoms with Crippen LogP contribution in [0.1, 0.15) is 43.0 Å². The van der Waals surface area contributed by atoms with Crippen LogP contribution in [-0.2, 0) is 13.0 Å². The Hall–Kier alpha value is -1.80. The number of rotatable bonds is 6. The summed E-state index contributed by atoms with van der Waals surface area (Å²) in [6.45, 7) is 5.25. The monoisotopic (exact) mass is 269 g/mol. The van der Waals surface area contributed by atoms with Gasteiger partial charge in [0.25, 0.3) is 0 Å². The first-order valence-electron chi connectivity index (χ1n) is 7.33. The minimum Gasteiger partial charge on any atom is -0.508 e. The van der Waals surface area contributed by atoms with Gasteiger partial charge in [0.1, 0.15) is 5.75 Å². The molecule has 2 nitrogen and oxygen atoms in total. The number of nitrogens with one attached hydrogen (secondary N) is 1. The second-order valence-corrected chi connectivity index (χ2v) is 5.06. The van der Waals surface area contributed by atoms with Crippen molar-refractivity contribution in [3.05, 3.63) is 65.2 Å². The van der Waals surface area contributed by atoms with Gasteiger partial charge in [-0.1, -0.05) is 50.2 Å². The Labute approximate surface area is 121 Å². The fraction of sp³-hybridized carbons (Fsp3) is 0.333. The first kappa shape index (κ1) is 14.6. The van der Waals surface area contributed by atoms with Crippen LogP contribution in [0.25, 0.3) is 0 Å². The van der Waals surface area contributed by atoms with Gasteiger partial charge in [0, 0.05) is 12.6 Å². The molecule has 0 amide bonds. The van der Waals surface area contributed by atoms with Crippen molar-refractivity contribution >= 4 is 0 Å². The van der Waals surface area contributed by atoms with Gasteiger partial charge in [-0.05, 0) is 41.7 Å². The van der Waals surface area contributed by atoms with E-state index in [9.17, 15) is 5.11 Å². The van der Waals surface area contributed by atoms with Gasteiger partial charge in [-0.15, -0.1) is 0 Å². The van der Waals surface area contributed by atoms with Crippen LogP contribution in [0.2, 0.25) is 0 Å². The SMILES string of the molecule is CCc1ccccc1CNC(CC)c1ccc(O)cc1. The maximum absolute atomic E-state index is 9.37. The molecule has 0 fully saturated rings. The third kappa shape index (κ3) is 3.61. The fourth-order valence-electron chi connectivity index (χ4n) is 2.51. The zero-order valence-electron chi connectivity index (χ0n) is 12.3. The zero-order valence-corrected chi connectivity index (χ0v) is 12.3. The smallest absolute Gasteiger partial charge is 0.115 e. The van der Waals surface area contributed by atoms with Crippen molar-refractivity contribution in [2.24, 2.45) is 0 Å². The normalized spacial score (nSPS) is 12.3. The molecule has 20 heavy (non-hydrogen) atoms. The van der Waals surface area contributed by atoms with Crippen molar-refractivity contribution in [3.8, 4) is 5.75 Å². The quantitative estimate of drug-likeness (QED) is 0.824. The Morgan fingerprint density at radius 3 is 2.20 bits per heavy atom. The summed E-state index contributed by atoms with van der Waals surface area (Å²) < 4.78 is 0. The number of phenolic OH excluding ortho intramolecular Hbond substituents is 1. The van der Waals surface area contributed by atoms with Crippen molar-refractivity contribution < 1.29 is 5.11 Å². The lowest BCUT2D eigenvalue weighted by Gasteiger charge is -2.18. The highest BCUT2D eigenvalue weighted by atomic mass is 16.3. The molecule has 0 saturated carbocycles. The molecule has 2 heteroatoms. The summed E-state index contributed by atoms with van der Waals surface area (Å²) in [5.74, 6) is 0.319. The average Bonchev–Trinajstić information content (AvgIpc) is 2.50. The summed E-state index contributed by atoms with van der Waals surface area (Å²) in [7, 11) is 0. The molecule has 0 aliphatic rings. The predicted molar refractivity (Wildman–Crippen MR) is 83.8 cm³/mol. The third-order valence-electron chi connectivity index (χ3n) is 3.74. The molecule has 0 spiro atoms. The summed E-state index contributed by atoms with van der Waals surface area (Å²) in [5, 5.41) is 13.0. The minimum absolute atomic E-state index is 0.319. The van der Waals surface area contributed by atoms with Gasteiger partial charge < -0.3 is 10.4 Å². The minimum atomic E-state index is 0.319. The van der Waals surface area contributed by atoms with E-state index in [1.165, 1.54) is 16.7 Å². The number of benzene rings is 2. The second-order valence-electron chi connectivity index (χ2n) is 5.06. The number of hydrogen-bond acceptors (Lipinski definition) is 2. The highest BCUT2D eigenvalue weighted by Crippen LogP contribution is 2.20. The van der Waals surface area contributed by atoms with Crippen molar-refractivity contribution in [3.63, 3.8) is 0 Å². The van der Waals surface area contributed by atoms with Crippen molar-refractivity contribution in [1.82, 2.24) is 5.32 Å². The standard InChI is InChI=1S/C18H23NO/c1-3-14-7-5-6-8-16(14)13-19-18(4-2)15-9-11-17(20)12-10-15/h5-12,18-20H,3-4,13H2,1-2H3. The van der Waals surface area contributed by atoms with Crippen molar-refractivity contribution in [2.45, 2.75) is 39.3 Å². The van der Waals surface area contributed by atoms with Gasteiger partial charge in [-0.3, -0.25) is 0 Å². The summed E-state index contributed by atoms with van der Waals surface area (Å²) in [6, 6.07) is 16.4. The maximum atomic E-state index is 9.37. The van der Waals surface area contributed by atoms with E-state index in [1.54, 1.807) is 12.1 Å². The molecule has 2 aromatic carbocycles. The van der Waals surface area contributed by atoms with E-state index in [0.717, 1.165) is 19.4 Å². The zero-order chi connectivity index (χ0) is 14.4. The van der Waals surface area contributed by atoms with Crippen LogP contribution in [-0.4, -0.2) is 5.11 Å². The molecule has 0 aliphatic carbocycles. The van der Waals surface area contributed by atoms with Crippen LogP contribution in [0, 0.1) is 0 Å². The molecule has 0 radical (unpaired) electrons. The summed E-state index contributed by atoms with van der Waals surface area (Å²) in [4.78, 5) is 0. The molecule has 1 unspecified atom stereocenters. The van der Waals surface area contributed by atoms with E-state index in [-0.39, 0.29) is 0 Å². The van der Waals surface area contributed by atoms with Crippen LogP contribution < -0.4 is 5.32 Å². The topological polar surface area (TPSA) is 32.3 Å². The van der Waals surface area contributed by atoms with Gasteiger partial charge in [0.15, 0.2) is 0 Å². The molecule has 0 heterocycles. The Morgan fingerprint density at radius 2 is 1.60 bits per heavy atom. The fourth-order valence-corrected chi connectivity index (χ4v) is 2.51. The van der Waals surface area contributed by atoms with Gasteiger partial charge >= 0.3 is 0 Å². The molecule has 0 aromatic heterocycles. The lowest BCUT2D eigenvalue weighted by atomic mass is 10.0. The van der Waals surface area contributed by atoms with E-state index < -0.39 is 0 Å². The molecule has 2 aromatic rings. The van der Waals surface area contributed by atoms with Gasteiger partial charge in [0.05, 0.1) is 0 Å². The molecular formula is C18H23NO. The third-order valence-corrected chi connectivity index (χ3v) is 3.74. The highest BCUT2D eigenvalue weighted by molar-refractivity contribution is 5.29. The second kappa shape index (κ2) is 7.11. The van der Waals surface area contributed by atoms with Gasteiger partial charge in [0.2, 0.25) is 0 Å². The lowest BCUT2D eigenvalue weighted by Crippen LogP contribution is -2.20. The van der Waals surface area contributed by atoms with Crippen LogP contribution in [0.3, 0.4) is 0 Å². The Bertz CT molecular complexity index is 533. The molecule has 0 saturated heterocycles. The van der Waals surface area contributed by atoms with E-state index in [2.05, 4.69) is 43.4 Å². The Balaban J connectivity index is 2.05. The molecule has 106 valence electrons. The van der Waals surface area contributed by atoms with Crippen LogP contribution >= 0.6 is 0 Å². The molecule has 2 N–H and O–H groups in total. The largest absolute Gasteiger partial charge is 0.508 e. The predicted octanol–water partition coefficient (Wildman–Crippen LogP) is 4.20. The number of aromatic hydroxyl groups is 1. The summed E-state index contributed by atoms with van der Waals surface area (Å²) >= 11 is 0. The Kier molecular flexibility index (Phi) is 5.19. The molecule has 1 atom stereocenters.